The highest BCUT2D eigenvalue weighted by Gasteiger charge is 2.12. The second-order valence-electron chi connectivity index (χ2n) is 5.19. The fourth-order valence-electron chi connectivity index (χ4n) is 2.38. The van der Waals surface area contributed by atoms with Crippen molar-refractivity contribution in [3.05, 3.63) is 39.4 Å². The first-order chi connectivity index (χ1) is 11.3. The van der Waals surface area contributed by atoms with Crippen molar-refractivity contribution in [2.75, 3.05) is 13.1 Å². The zero-order chi connectivity index (χ0) is 16.5. The van der Waals surface area contributed by atoms with Crippen LogP contribution in [-0.2, 0) is 25.8 Å². The van der Waals surface area contributed by atoms with Gasteiger partial charge in [0.05, 0.1) is 12.2 Å². The van der Waals surface area contributed by atoms with E-state index in [4.69, 9.17) is 4.52 Å². The third-order valence-corrected chi connectivity index (χ3v) is 4.53. The second-order valence-corrected chi connectivity index (χ2v) is 6.22. The van der Waals surface area contributed by atoms with E-state index in [1.165, 1.54) is 4.88 Å². The molecule has 23 heavy (non-hydrogen) atoms. The largest absolute Gasteiger partial charge is 0.361 e. The number of hydrogen-bond acceptors (Lipinski definition) is 4. The van der Waals surface area contributed by atoms with Crippen LogP contribution in [0.2, 0.25) is 0 Å². The number of guanidine groups is 1. The first-order valence-corrected chi connectivity index (χ1v) is 9.17. The van der Waals surface area contributed by atoms with Crippen molar-refractivity contribution < 1.29 is 4.52 Å². The topological polar surface area (TPSA) is 62.5 Å². The lowest BCUT2D eigenvalue weighted by Gasteiger charge is -2.11. The number of aryl methyl sites for hydroxylation is 2. The minimum Gasteiger partial charge on any atom is -0.361 e. The lowest BCUT2D eigenvalue weighted by molar-refractivity contribution is 0.380. The molecule has 0 bridgehead atoms. The van der Waals surface area contributed by atoms with Crippen LogP contribution in [0.4, 0.5) is 0 Å². The van der Waals surface area contributed by atoms with Gasteiger partial charge in [0.15, 0.2) is 5.96 Å². The highest BCUT2D eigenvalue weighted by atomic mass is 32.1. The third-order valence-electron chi connectivity index (χ3n) is 3.59. The molecular formula is C17H26N4OS. The van der Waals surface area contributed by atoms with E-state index >= 15 is 0 Å². The molecule has 2 N–H and O–H groups in total. The monoisotopic (exact) mass is 334 g/mol. The van der Waals surface area contributed by atoms with Crippen molar-refractivity contribution in [3.8, 4) is 0 Å². The molecular weight excluding hydrogens is 308 g/mol. The number of hydrogen-bond donors (Lipinski definition) is 2. The number of nitrogens with one attached hydrogen (secondary N) is 2. The summed E-state index contributed by atoms with van der Waals surface area (Å²) in [6.45, 7) is 8.56. The molecule has 0 aliphatic carbocycles. The number of nitrogens with zero attached hydrogens (tertiary/aromatic N) is 2. The van der Waals surface area contributed by atoms with Gasteiger partial charge in [-0.3, -0.25) is 0 Å². The van der Waals surface area contributed by atoms with Crippen LogP contribution >= 0.6 is 11.3 Å². The van der Waals surface area contributed by atoms with Gasteiger partial charge < -0.3 is 15.2 Å². The molecule has 2 rings (SSSR count). The van der Waals surface area contributed by atoms with Crippen molar-refractivity contribution in [2.24, 2.45) is 4.99 Å². The van der Waals surface area contributed by atoms with Crippen molar-refractivity contribution >= 4 is 17.3 Å². The molecule has 0 aliphatic heterocycles. The molecule has 0 fully saturated rings. The summed E-state index contributed by atoms with van der Waals surface area (Å²) in [5.74, 6) is 1.79. The van der Waals surface area contributed by atoms with Gasteiger partial charge in [0.1, 0.15) is 5.76 Å². The molecule has 0 aliphatic rings. The molecule has 0 atom stereocenters. The van der Waals surface area contributed by atoms with E-state index < -0.39 is 0 Å². The maximum atomic E-state index is 5.40. The van der Waals surface area contributed by atoms with E-state index in [9.17, 15) is 0 Å². The normalized spacial score (nSPS) is 11.7. The Kier molecular flexibility index (Phi) is 7.13. The fourth-order valence-corrected chi connectivity index (χ4v) is 3.08. The van der Waals surface area contributed by atoms with Gasteiger partial charge in [-0.1, -0.05) is 25.1 Å². The van der Waals surface area contributed by atoms with Crippen LogP contribution in [-0.4, -0.2) is 24.2 Å². The summed E-state index contributed by atoms with van der Waals surface area (Å²) in [5.41, 5.74) is 2.14. The van der Waals surface area contributed by atoms with Crippen molar-refractivity contribution in [1.29, 1.82) is 0 Å². The molecule has 0 saturated heterocycles. The molecule has 2 aromatic rings. The van der Waals surface area contributed by atoms with Crippen LogP contribution in [0, 0.1) is 0 Å². The Hall–Kier alpha value is -1.82. The summed E-state index contributed by atoms with van der Waals surface area (Å²) in [4.78, 5) is 6.07. The molecule has 0 spiro atoms. The molecule has 0 saturated carbocycles. The van der Waals surface area contributed by atoms with Gasteiger partial charge in [-0.2, -0.15) is 0 Å². The molecule has 5 nitrogen and oxygen atoms in total. The molecule has 126 valence electrons. The summed E-state index contributed by atoms with van der Waals surface area (Å²) < 4.78 is 5.40. The standard InChI is InChI=1S/C17H26N4OS/c1-4-15-14(16(5-2)22-21-15)12-20-17(18-6-3)19-10-9-13-8-7-11-23-13/h7-8,11H,4-6,9-10,12H2,1-3H3,(H2,18,19,20). The number of aliphatic imine (C=N–C) groups is 1. The zero-order valence-corrected chi connectivity index (χ0v) is 15.0. The van der Waals surface area contributed by atoms with E-state index in [1.807, 2.05) is 0 Å². The van der Waals surface area contributed by atoms with Crippen LogP contribution < -0.4 is 10.6 Å². The van der Waals surface area contributed by atoms with Crippen LogP contribution in [0.1, 0.15) is 42.7 Å². The molecule has 0 unspecified atom stereocenters. The first kappa shape index (κ1) is 17.5. The van der Waals surface area contributed by atoms with E-state index in [2.05, 4.69) is 59.1 Å². The van der Waals surface area contributed by atoms with Crippen molar-refractivity contribution in [1.82, 2.24) is 15.8 Å². The molecule has 2 heterocycles. The van der Waals surface area contributed by atoms with Gasteiger partial charge >= 0.3 is 0 Å². The molecule has 0 amide bonds. The summed E-state index contributed by atoms with van der Waals surface area (Å²) in [7, 11) is 0. The summed E-state index contributed by atoms with van der Waals surface area (Å²) in [5, 5.41) is 12.9. The van der Waals surface area contributed by atoms with Crippen LogP contribution in [0.3, 0.4) is 0 Å². The Morgan fingerprint density at radius 1 is 1.26 bits per heavy atom. The Labute approximate surface area is 142 Å². The van der Waals surface area contributed by atoms with Gasteiger partial charge in [-0.15, -0.1) is 11.3 Å². The summed E-state index contributed by atoms with van der Waals surface area (Å²) in [6.07, 6.45) is 2.73. The van der Waals surface area contributed by atoms with E-state index in [-0.39, 0.29) is 0 Å². The smallest absolute Gasteiger partial charge is 0.191 e. The summed E-state index contributed by atoms with van der Waals surface area (Å²) in [6, 6.07) is 4.25. The maximum absolute atomic E-state index is 5.40. The Morgan fingerprint density at radius 3 is 2.78 bits per heavy atom. The number of thiophene rings is 1. The van der Waals surface area contributed by atoms with Crippen LogP contribution in [0.15, 0.2) is 27.0 Å². The average Bonchev–Trinajstić information content (AvgIpc) is 3.21. The van der Waals surface area contributed by atoms with E-state index in [0.717, 1.165) is 55.3 Å². The Balaban J connectivity index is 1.96. The third kappa shape index (κ3) is 5.10. The number of aromatic nitrogens is 1. The highest BCUT2D eigenvalue weighted by molar-refractivity contribution is 7.09. The van der Waals surface area contributed by atoms with Gasteiger partial charge in [0, 0.05) is 30.0 Å². The predicted molar refractivity (Wildman–Crippen MR) is 96.1 cm³/mol. The maximum Gasteiger partial charge on any atom is 0.191 e. The van der Waals surface area contributed by atoms with E-state index in [1.54, 1.807) is 11.3 Å². The Bertz CT molecular complexity index is 583. The molecule has 0 aromatic carbocycles. The van der Waals surface area contributed by atoms with Crippen molar-refractivity contribution in [2.45, 2.75) is 46.6 Å². The fraction of sp³-hybridized carbons (Fsp3) is 0.529. The summed E-state index contributed by atoms with van der Waals surface area (Å²) >= 11 is 1.79. The number of rotatable bonds is 8. The average molecular weight is 334 g/mol. The zero-order valence-electron chi connectivity index (χ0n) is 14.2. The minimum absolute atomic E-state index is 0.601. The highest BCUT2D eigenvalue weighted by Crippen LogP contribution is 2.16. The van der Waals surface area contributed by atoms with Crippen LogP contribution in [0.5, 0.6) is 0 Å². The van der Waals surface area contributed by atoms with Gasteiger partial charge in [0.25, 0.3) is 0 Å². The van der Waals surface area contributed by atoms with Crippen LogP contribution in [0.25, 0.3) is 0 Å². The second kappa shape index (κ2) is 9.35. The predicted octanol–water partition coefficient (Wildman–Crippen LogP) is 3.16. The van der Waals surface area contributed by atoms with Gasteiger partial charge in [-0.25, -0.2) is 4.99 Å². The Morgan fingerprint density at radius 2 is 2.13 bits per heavy atom. The molecule has 2 aromatic heterocycles. The van der Waals surface area contributed by atoms with Crippen molar-refractivity contribution in [3.63, 3.8) is 0 Å². The lowest BCUT2D eigenvalue weighted by atomic mass is 10.1. The molecule has 0 radical (unpaired) electrons. The first-order valence-electron chi connectivity index (χ1n) is 8.29. The molecule has 6 heteroatoms. The van der Waals surface area contributed by atoms with Gasteiger partial charge in [-0.05, 0) is 31.2 Å². The quantitative estimate of drug-likeness (QED) is 0.575. The lowest BCUT2D eigenvalue weighted by Crippen LogP contribution is -2.38. The van der Waals surface area contributed by atoms with Gasteiger partial charge in [0.2, 0.25) is 0 Å². The SMILES string of the molecule is CCNC(=NCc1c(CC)noc1CC)NCCc1cccs1. The van der Waals surface area contributed by atoms with E-state index in [0.29, 0.717) is 6.54 Å². The minimum atomic E-state index is 0.601.